The van der Waals surface area contributed by atoms with Gasteiger partial charge in [-0.2, -0.15) is 0 Å². The van der Waals surface area contributed by atoms with Gasteiger partial charge in [0.1, 0.15) is 13.2 Å². The molecule has 0 bridgehead atoms. The van der Waals surface area contributed by atoms with Crippen molar-refractivity contribution >= 4 is 17.9 Å². The molecule has 0 aromatic rings. The molecule has 0 saturated heterocycles. The lowest BCUT2D eigenvalue weighted by Gasteiger charge is -2.18. The normalized spacial score (nSPS) is 12.1. The number of hydrogen-bond acceptors (Lipinski definition) is 6. The SMILES string of the molecule is CCCCC/C=C\C/C=C\CCCCCCCC(=O)OC(COC(=O)CCCCCCCC)COC(=O)CCCCCCCCCCCCCCCCCCCCCCCCCCCCCC. The molecule has 0 aromatic carbocycles. The maximum atomic E-state index is 12.8. The van der Waals surface area contributed by atoms with Crippen molar-refractivity contribution in [2.24, 2.45) is 0 Å². The Morgan fingerprint density at radius 1 is 0.299 bits per heavy atom. The molecule has 0 heterocycles. The average Bonchev–Trinajstić information content (AvgIpc) is 3.33. The summed E-state index contributed by atoms with van der Waals surface area (Å²) >= 11 is 0. The van der Waals surface area contributed by atoms with Crippen molar-refractivity contribution in [2.45, 2.75) is 335 Å². The van der Waals surface area contributed by atoms with E-state index in [0.717, 1.165) is 77.0 Å². The van der Waals surface area contributed by atoms with Crippen LogP contribution < -0.4 is 0 Å². The second-order valence-electron chi connectivity index (χ2n) is 20.3. The topological polar surface area (TPSA) is 78.9 Å². The molecular formula is C61H114O6. The largest absolute Gasteiger partial charge is 0.462 e. The van der Waals surface area contributed by atoms with Gasteiger partial charge < -0.3 is 14.2 Å². The van der Waals surface area contributed by atoms with E-state index in [9.17, 15) is 14.4 Å². The van der Waals surface area contributed by atoms with E-state index in [1.807, 2.05) is 0 Å². The smallest absolute Gasteiger partial charge is 0.306 e. The molecule has 0 aliphatic carbocycles. The second kappa shape index (κ2) is 56.5. The predicted molar refractivity (Wildman–Crippen MR) is 289 cm³/mol. The van der Waals surface area contributed by atoms with E-state index in [4.69, 9.17) is 14.2 Å². The summed E-state index contributed by atoms with van der Waals surface area (Å²) in [4.78, 5) is 37.8. The summed E-state index contributed by atoms with van der Waals surface area (Å²) in [5, 5.41) is 0. The quantitative estimate of drug-likeness (QED) is 0.0262. The summed E-state index contributed by atoms with van der Waals surface area (Å²) in [7, 11) is 0. The van der Waals surface area contributed by atoms with Crippen LogP contribution in [-0.4, -0.2) is 37.2 Å². The zero-order chi connectivity index (χ0) is 48.6. The maximum Gasteiger partial charge on any atom is 0.306 e. The number of carbonyl (C=O) groups is 3. The van der Waals surface area contributed by atoms with Crippen LogP contribution in [0.5, 0.6) is 0 Å². The highest BCUT2D eigenvalue weighted by atomic mass is 16.6. The summed E-state index contributed by atoms with van der Waals surface area (Å²) in [6.45, 7) is 6.59. The second-order valence-corrected chi connectivity index (χ2v) is 20.3. The van der Waals surface area contributed by atoms with Crippen LogP contribution in [0.25, 0.3) is 0 Å². The number of rotatable bonds is 55. The minimum atomic E-state index is -0.772. The molecule has 6 nitrogen and oxygen atoms in total. The van der Waals surface area contributed by atoms with E-state index in [0.29, 0.717) is 19.3 Å². The van der Waals surface area contributed by atoms with Crippen molar-refractivity contribution < 1.29 is 28.6 Å². The van der Waals surface area contributed by atoms with Gasteiger partial charge in [-0.25, -0.2) is 0 Å². The predicted octanol–water partition coefficient (Wildman–Crippen LogP) is 19.9. The van der Waals surface area contributed by atoms with Crippen LogP contribution in [0.1, 0.15) is 329 Å². The molecule has 0 N–H and O–H groups in total. The van der Waals surface area contributed by atoms with Gasteiger partial charge in [0.15, 0.2) is 6.10 Å². The molecule has 0 radical (unpaired) electrons. The van der Waals surface area contributed by atoms with Crippen molar-refractivity contribution in [3.63, 3.8) is 0 Å². The summed E-state index contributed by atoms with van der Waals surface area (Å²) in [5.41, 5.74) is 0. The van der Waals surface area contributed by atoms with E-state index >= 15 is 0 Å². The Hall–Kier alpha value is -2.11. The first-order valence-electron chi connectivity index (χ1n) is 29.8. The van der Waals surface area contributed by atoms with Gasteiger partial charge in [0, 0.05) is 19.3 Å². The maximum absolute atomic E-state index is 12.8. The van der Waals surface area contributed by atoms with Crippen molar-refractivity contribution in [1.82, 2.24) is 0 Å². The lowest BCUT2D eigenvalue weighted by molar-refractivity contribution is -0.167. The lowest BCUT2D eigenvalue weighted by Crippen LogP contribution is -2.30. The third-order valence-electron chi connectivity index (χ3n) is 13.5. The Morgan fingerprint density at radius 3 is 0.851 bits per heavy atom. The molecule has 0 rings (SSSR count). The van der Waals surface area contributed by atoms with E-state index in [1.54, 1.807) is 0 Å². The molecule has 394 valence electrons. The van der Waals surface area contributed by atoms with Crippen LogP contribution in [0.3, 0.4) is 0 Å². The molecule has 0 aliphatic heterocycles. The molecule has 0 aromatic heterocycles. The van der Waals surface area contributed by atoms with Gasteiger partial charge in [-0.3, -0.25) is 14.4 Å². The summed E-state index contributed by atoms with van der Waals surface area (Å²) in [6, 6.07) is 0. The molecule has 1 unspecified atom stereocenters. The third kappa shape index (κ3) is 54.7. The van der Waals surface area contributed by atoms with Gasteiger partial charge in [-0.1, -0.05) is 283 Å². The van der Waals surface area contributed by atoms with Crippen molar-refractivity contribution in [3.8, 4) is 0 Å². The molecule has 6 heteroatoms. The highest BCUT2D eigenvalue weighted by molar-refractivity contribution is 5.71. The third-order valence-corrected chi connectivity index (χ3v) is 13.5. The number of unbranched alkanes of at least 4 members (excludes halogenated alkanes) is 40. The highest BCUT2D eigenvalue weighted by Gasteiger charge is 2.19. The Kier molecular flexibility index (Phi) is 54.7. The molecule has 0 aliphatic rings. The molecule has 67 heavy (non-hydrogen) atoms. The zero-order valence-corrected chi connectivity index (χ0v) is 45.2. The van der Waals surface area contributed by atoms with Crippen molar-refractivity contribution in [3.05, 3.63) is 24.3 Å². The highest BCUT2D eigenvalue weighted by Crippen LogP contribution is 2.18. The van der Waals surface area contributed by atoms with Crippen LogP contribution >= 0.6 is 0 Å². The number of esters is 3. The zero-order valence-electron chi connectivity index (χ0n) is 45.2. The van der Waals surface area contributed by atoms with Crippen LogP contribution in [-0.2, 0) is 28.6 Å². The minimum Gasteiger partial charge on any atom is -0.462 e. The Bertz CT molecular complexity index is 1080. The fourth-order valence-corrected chi connectivity index (χ4v) is 8.95. The summed E-state index contributed by atoms with van der Waals surface area (Å²) in [5.74, 6) is -0.880. The van der Waals surface area contributed by atoms with Gasteiger partial charge in [0.05, 0.1) is 0 Å². The van der Waals surface area contributed by atoms with E-state index in [-0.39, 0.29) is 31.1 Å². The fraction of sp³-hybridized carbons (Fsp3) is 0.885. The molecule has 0 saturated carbocycles. The molecule has 1 atom stereocenters. The van der Waals surface area contributed by atoms with Crippen LogP contribution in [0.2, 0.25) is 0 Å². The van der Waals surface area contributed by atoms with Crippen LogP contribution in [0, 0.1) is 0 Å². The van der Waals surface area contributed by atoms with Gasteiger partial charge in [-0.15, -0.1) is 0 Å². The van der Waals surface area contributed by atoms with Gasteiger partial charge >= 0.3 is 17.9 Å². The van der Waals surface area contributed by atoms with Crippen LogP contribution in [0.15, 0.2) is 24.3 Å². The molecule has 0 fully saturated rings. The fourth-order valence-electron chi connectivity index (χ4n) is 8.95. The lowest BCUT2D eigenvalue weighted by atomic mass is 10.0. The molecule has 0 spiro atoms. The van der Waals surface area contributed by atoms with Crippen molar-refractivity contribution in [1.29, 1.82) is 0 Å². The Labute approximate surface area is 417 Å². The molecule has 0 amide bonds. The molecular weight excluding hydrogens is 829 g/mol. The van der Waals surface area contributed by atoms with E-state index in [2.05, 4.69) is 45.1 Å². The number of ether oxygens (including phenoxy) is 3. The standard InChI is InChI=1S/C61H114O6/c1-4-7-10-13-16-18-20-22-24-25-26-27-28-29-30-31-32-33-34-35-36-38-39-41-43-45-48-51-54-60(63)66-57-58(56-65-59(62)53-50-47-15-12-9-6-3)67-61(64)55-52-49-46-44-42-40-37-23-21-19-17-14-11-8-5-2/h17,19,23,37,58H,4-16,18,20-22,24-36,38-57H2,1-3H3/b19-17-,37-23-. The first kappa shape index (κ1) is 64.9. The first-order chi connectivity index (χ1) is 33.0. The minimum absolute atomic E-state index is 0.0728. The first-order valence-corrected chi connectivity index (χ1v) is 29.8. The van der Waals surface area contributed by atoms with E-state index < -0.39 is 6.10 Å². The van der Waals surface area contributed by atoms with Crippen LogP contribution in [0.4, 0.5) is 0 Å². The van der Waals surface area contributed by atoms with Gasteiger partial charge in [-0.05, 0) is 51.4 Å². The van der Waals surface area contributed by atoms with E-state index in [1.165, 1.54) is 212 Å². The monoisotopic (exact) mass is 943 g/mol. The number of hydrogen-bond donors (Lipinski definition) is 0. The van der Waals surface area contributed by atoms with Crippen molar-refractivity contribution in [2.75, 3.05) is 13.2 Å². The Morgan fingerprint density at radius 2 is 0.537 bits per heavy atom. The summed E-state index contributed by atoms with van der Waals surface area (Å²) < 4.78 is 16.7. The number of carbonyl (C=O) groups excluding carboxylic acids is 3. The summed E-state index contributed by atoms with van der Waals surface area (Å²) in [6.07, 6.45) is 66.5. The van der Waals surface area contributed by atoms with Gasteiger partial charge in [0.2, 0.25) is 0 Å². The number of allylic oxidation sites excluding steroid dienone is 4. The average molecular weight is 944 g/mol. The Balaban J connectivity index is 3.99. The van der Waals surface area contributed by atoms with Gasteiger partial charge in [0.25, 0.3) is 0 Å².